The predicted octanol–water partition coefficient (Wildman–Crippen LogP) is 3.12. The number of hydrogen-bond acceptors (Lipinski definition) is 6. The van der Waals surface area contributed by atoms with E-state index in [1.165, 1.54) is 0 Å². The highest BCUT2D eigenvalue weighted by molar-refractivity contribution is 5.77. The fourth-order valence-corrected chi connectivity index (χ4v) is 2.27. The first kappa shape index (κ1) is 21.2. The molecule has 150 valence electrons. The Bertz CT molecular complexity index is 770. The Morgan fingerprint density at radius 3 is 2.25 bits per heavy atom. The van der Waals surface area contributed by atoms with E-state index in [2.05, 4.69) is 4.84 Å². The van der Waals surface area contributed by atoms with Crippen LogP contribution in [0.3, 0.4) is 0 Å². The molecule has 3 N–H and O–H groups in total. The quantitative estimate of drug-likeness (QED) is 0.740. The minimum absolute atomic E-state index is 0.258. The van der Waals surface area contributed by atoms with Gasteiger partial charge in [-0.15, -0.1) is 5.48 Å². The van der Waals surface area contributed by atoms with Gasteiger partial charge in [-0.1, -0.05) is 42.5 Å². The molecule has 2 aromatic carbocycles. The summed E-state index contributed by atoms with van der Waals surface area (Å²) in [5, 5.41) is 0. The third-order valence-electron chi connectivity index (χ3n) is 3.56. The molecular formula is C21H26N2O5. The van der Waals surface area contributed by atoms with Crippen LogP contribution in [0.2, 0.25) is 0 Å². The maximum absolute atomic E-state index is 11.9. The summed E-state index contributed by atoms with van der Waals surface area (Å²) in [5.74, 6) is -0.0365. The molecule has 0 fully saturated rings. The molecule has 0 aliphatic carbocycles. The van der Waals surface area contributed by atoms with Gasteiger partial charge in [-0.25, -0.2) is 9.59 Å². The van der Waals surface area contributed by atoms with Gasteiger partial charge in [0.1, 0.15) is 24.0 Å². The van der Waals surface area contributed by atoms with E-state index in [-0.39, 0.29) is 6.42 Å². The molecule has 7 heteroatoms. The topological polar surface area (TPSA) is 99.9 Å². The zero-order valence-corrected chi connectivity index (χ0v) is 16.3. The first-order valence-electron chi connectivity index (χ1n) is 8.94. The zero-order chi connectivity index (χ0) is 20.6. The zero-order valence-electron chi connectivity index (χ0n) is 16.3. The van der Waals surface area contributed by atoms with Crippen LogP contribution in [0.5, 0.6) is 5.75 Å². The van der Waals surface area contributed by atoms with Crippen LogP contribution in [0.15, 0.2) is 54.6 Å². The first-order valence-corrected chi connectivity index (χ1v) is 8.94. The van der Waals surface area contributed by atoms with Crippen molar-refractivity contribution < 1.29 is 23.9 Å². The number of hydroxylamine groups is 1. The van der Waals surface area contributed by atoms with E-state index in [0.717, 1.165) is 16.9 Å². The number of hydrogen-bond donors (Lipinski definition) is 2. The third kappa shape index (κ3) is 7.67. The lowest BCUT2D eigenvalue weighted by atomic mass is 10.1. The summed E-state index contributed by atoms with van der Waals surface area (Å²) < 4.78 is 10.7. The highest BCUT2D eigenvalue weighted by Gasteiger charge is 2.20. The van der Waals surface area contributed by atoms with Gasteiger partial charge in [-0.2, -0.15) is 0 Å². The molecule has 0 bridgehead atoms. The van der Waals surface area contributed by atoms with Crippen molar-refractivity contribution in [2.75, 3.05) is 0 Å². The van der Waals surface area contributed by atoms with E-state index in [1.54, 1.807) is 20.8 Å². The predicted molar refractivity (Wildman–Crippen MR) is 104 cm³/mol. The normalized spacial score (nSPS) is 12.0. The van der Waals surface area contributed by atoms with Crippen molar-refractivity contribution in [1.82, 2.24) is 5.48 Å². The molecule has 7 nitrogen and oxygen atoms in total. The van der Waals surface area contributed by atoms with Crippen molar-refractivity contribution in [2.24, 2.45) is 5.73 Å². The maximum Gasteiger partial charge on any atom is 0.441 e. The van der Waals surface area contributed by atoms with Crippen LogP contribution in [0.4, 0.5) is 4.79 Å². The molecule has 2 rings (SSSR count). The molecule has 0 unspecified atom stereocenters. The molecule has 0 aliphatic heterocycles. The maximum atomic E-state index is 11.9. The largest absolute Gasteiger partial charge is 0.489 e. The van der Waals surface area contributed by atoms with Crippen molar-refractivity contribution in [3.63, 3.8) is 0 Å². The molecule has 2 aromatic rings. The number of carbonyl (C=O) groups is 2. The monoisotopic (exact) mass is 386 g/mol. The summed E-state index contributed by atoms with van der Waals surface area (Å²) in [6, 6.07) is 16.2. The van der Waals surface area contributed by atoms with Gasteiger partial charge >= 0.3 is 12.1 Å². The third-order valence-corrected chi connectivity index (χ3v) is 3.56. The van der Waals surface area contributed by atoms with Gasteiger partial charge in [0, 0.05) is 0 Å². The molecule has 1 atom stereocenters. The average molecular weight is 386 g/mol. The summed E-state index contributed by atoms with van der Waals surface area (Å²) >= 11 is 0. The highest BCUT2D eigenvalue weighted by Crippen LogP contribution is 2.15. The van der Waals surface area contributed by atoms with Crippen molar-refractivity contribution >= 4 is 12.1 Å². The second-order valence-electron chi connectivity index (χ2n) is 7.25. The minimum Gasteiger partial charge on any atom is -0.489 e. The molecule has 0 aliphatic rings. The Kier molecular flexibility index (Phi) is 7.40. The fourth-order valence-electron chi connectivity index (χ4n) is 2.27. The SMILES string of the molecule is CC(C)(C)OC(=O)NOC(=O)[C@@H](N)Cc1ccc(OCc2ccccc2)cc1. The van der Waals surface area contributed by atoms with E-state index in [0.29, 0.717) is 6.61 Å². The van der Waals surface area contributed by atoms with Gasteiger partial charge in [0.25, 0.3) is 0 Å². The Balaban J connectivity index is 1.77. The number of carbonyl (C=O) groups excluding carboxylic acids is 2. The van der Waals surface area contributed by atoms with Gasteiger partial charge in [0.2, 0.25) is 0 Å². The van der Waals surface area contributed by atoms with Crippen molar-refractivity contribution in [3.8, 4) is 5.75 Å². The molecular weight excluding hydrogens is 360 g/mol. The van der Waals surface area contributed by atoms with Crippen LogP contribution in [-0.2, 0) is 27.4 Å². The molecule has 1 amide bonds. The lowest BCUT2D eigenvalue weighted by Gasteiger charge is -2.19. The fraction of sp³-hybridized carbons (Fsp3) is 0.333. The van der Waals surface area contributed by atoms with Crippen LogP contribution in [-0.4, -0.2) is 23.7 Å². The highest BCUT2D eigenvalue weighted by atomic mass is 16.7. The minimum atomic E-state index is -0.925. The molecule has 0 saturated heterocycles. The number of ether oxygens (including phenoxy) is 2. The summed E-state index contributed by atoms with van der Waals surface area (Å²) in [5.41, 5.74) is 9.00. The van der Waals surface area contributed by atoms with E-state index in [9.17, 15) is 9.59 Å². The number of nitrogens with one attached hydrogen (secondary N) is 1. The Morgan fingerprint density at radius 1 is 1.00 bits per heavy atom. The lowest BCUT2D eigenvalue weighted by molar-refractivity contribution is -0.152. The number of rotatable bonds is 6. The van der Waals surface area contributed by atoms with Crippen LogP contribution < -0.4 is 16.0 Å². The molecule has 0 heterocycles. The smallest absolute Gasteiger partial charge is 0.441 e. The molecule has 0 radical (unpaired) electrons. The lowest BCUT2D eigenvalue weighted by Crippen LogP contribution is -2.40. The van der Waals surface area contributed by atoms with Crippen molar-refractivity contribution in [3.05, 3.63) is 65.7 Å². The van der Waals surface area contributed by atoms with Gasteiger partial charge in [0.05, 0.1) is 0 Å². The van der Waals surface area contributed by atoms with Gasteiger partial charge < -0.3 is 20.0 Å². The second-order valence-corrected chi connectivity index (χ2v) is 7.25. The number of nitrogens with two attached hydrogens (primary N) is 1. The average Bonchev–Trinajstić information content (AvgIpc) is 2.65. The van der Waals surface area contributed by atoms with E-state index in [4.69, 9.17) is 15.2 Å². The standard InChI is InChI=1S/C21H26N2O5/c1-21(2,3)27-20(25)23-28-19(24)18(22)13-15-9-11-17(12-10-15)26-14-16-7-5-4-6-8-16/h4-12,18H,13-14,22H2,1-3H3,(H,23,25)/t18-/m0/s1. The Hall–Kier alpha value is -3.06. The van der Waals surface area contributed by atoms with E-state index in [1.807, 2.05) is 60.1 Å². The van der Waals surface area contributed by atoms with Crippen molar-refractivity contribution in [1.29, 1.82) is 0 Å². The van der Waals surface area contributed by atoms with Crippen LogP contribution in [0.1, 0.15) is 31.9 Å². The summed E-state index contributed by atoms with van der Waals surface area (Å²) in [6.07, 6.45) is -0.596. The summed E-state index contributed by atoms with van der Waals surface area (Å²) in [7, 11) is 0. The first-order chi connectivity index (χ1) is 13.2. The Morgan fingerprint density at radius 2 is 1.64 bits per heavy atom. The molecule has 28 heavy (non-hydrogen) atoms. The van der Waals surface area contributed by atoms with Gasteiger partial charge in [-0.3, -0.25) is 0 Å². The number of amides is 1. The van der Waals surface area contributed by atoms with E-state index >= 15 is 0 Å². The van der Waals surface area contributed by atoms with Crippen LogP contribution >= 0.6 is 0 Å². The number of benzene rings is 2. The van der Waals surface area contributed by atoms with Crippen molar-refractivity contribution in [2.45, 2.75) is 45.4 Å². The molecule has 0 spiro atoms. The van der Waals surface area contributed by atoms with Crippen LogP contribution in [0.25, 0.3) is 0 Å². The van der Waals surface area contributed by atoms with Crippen LogP contribution in [0, 0.1) is 0 Å². The second kappa shape index (κ2) is 9.75. The van der Waals surface area contributed by atoms with Gasteiger partial charge in [-0.05, 0) is 50.5 Å². The summed E-state index contributed by atoms with van der Waals surface area (Å²) in [6.45, 7) is 5.58. The van der Waals surface area contributed by atoms with Gasteiger partial charge in [0.15, 0.2) is 0 Å². The molecule has 0 aromatic heterocycles. The van der Waals surface area contributed by atoms with E-state index < -0.39 is 23.7 Å². The molecule has 0 saturated carbocycles. The summed E-state index contributed by atoms with van der Waals surface area (Å²) in [4.78, 5) is 28.1. The Labute approximate surface area is 164 Å².